The van der Waals surface area contributed by atoms with E-state index >= 15 is 0 Å². The Morgan fingerprint density at radius 3 is 2.54 bits per heavy atom. The maximum Gasteiger partial charge on any atom is 0.275 e. The predicted octanol–water partition coefficient (Wildman–Crippen LogP) is 0.332. The van der Waals surface area contributed by atoms with Crippen LogP contribution in [0.25, 0.3) is 10.8 Å². The van der Waals surface area contributed by atoms with E-state index in [9.17, 15) is 19.5 Å². The van der Waals surface area contributed by atoms with Gasteiger partial charge in [0.25, 0.3) is 11.5 Å². The number of hydrogen-bond donors (Lipinski definition) is 0. The van der Waals surface area contributed by atoms with Gasteiger partial charge in [-0.05, 0) is 32.8 Å². The molecular weight excluding hydrogens is 310 g/mol. The van der Waals surface area contributed by atoms with Crippen LogP contribution in [0.4, 0.5) is 0 Å². The van der Waals surface area contributed by atoms with E-state index in [1.165, 1.54) is 9.58 Å². The SMILES string of the molecule is CC(C)n1nc(C(=O)N2CCC[C@H]2C(=O)[O-])c2ccccc2c1=O. The lowest BCUT2D eigenvalue weighted by Gasteiger charge is -2.25. The lowest BCUT2D eigenvalue weighted by atomic mass is 10.1. The van der Waals surface area contributed by atoms with Crippen molar-refractivity contribution in [3.05, 3.63) is 40.3 Å². The molecule has 1 fully saturated rings. The molecule has 1 atom stereocenters. The first-order chi connectivity index (χ1) is 11.4. The van der Waals surface area contributed by atoms with E-state index < -0.39 is 17.9 Å². The summed E-state index contributed by atoms with van der Waals surface area (Å²) in [5.74, 6) is -1.74. The summed E-state index contributed by atoms with van der Waals surface area (Å²) in [6.07, 6.45) is 0.974. The molecule has 2 aromatic rings. The molecule has 0 unspecified atom stereocenters. The van der Waals surface area contributed by atoms with Gasteiger partial charge in [-0.1, -0.05) is 18.2 Å². The number of carbonyl (C=O) groups is 2. The smallest absolute Gasteiger partial charge is 0.275 e. The minimum Gasteiger partial charge on any atom is -0.548 e. The Hall–Kier alpha value is -2.70. The summed E-state index contributed by atoms with van der Waals surface area (Å²) >= 11 is 0. The molecule has 1 amide bonds. The molecule has 126 valence electrons. The number of aromatic nitrogens is 2. The predicted molar refractivity (Wildman–Crippen MR) is 85.5 cm³/mol. The molecule has 1 aliphatic heterocycles. The van der Waals surface area contributed by atoms with Gasteiger partial charge in [-0.25, -0.2) is 4.68 Å². The number of hydrogen-bond acceptors (Lipinski definition) is 5. The first-order valence-corrected chi connectivity index (χ1v) is 7.95. The number of amides is 1. The number of likely N-dealkylation sites (tertiary alicyclic amines) is 1. The van der Waals surface area contributed by atoms with Gasteiger partial charge in [0, 0.05) is 11.9 Å². The molecule has 2 heterocycles. The van der Waals surface area contributed by atoms with Gasteiger partial charge in [0.2, 0.25) is 0 Å². The highest BCUT2D eigenvalue weighted by Crippen LogP contribution is 2.22. The van der Waals surface area contributed by atoms with Gasteiger partial charge < -0.3 is 14.8 Å². The average Bonchev–Trinajstić information content (AvgIpc) is 3.04. The molecule has 0 saturated carbocycles. The minimum absolute atomic E-state index is 0.104. The zero-order chi connectivity index (χ0) is 17.4. The van der Waals surface area contributed by atoms with Crippen LogP contribution in [0.1, 0.15) is 43.2 Å². The second-order valence-corrected chi connectivity index (χ2v) is 6.21. The van der Waals surface area contributed by atoms with Crippen LogP contribution in [0.5, 0.6) is 0 Å². The van der Waals surface area contributed by atoms with Crippen LogP contribution in [-0.2, 0) is 4.79 Å². The molecule has 1 aromatic heterocycles. The van der Waals surface area contributed by atoms with E-state index in [2.05, 4.69) is 5.10 Å². The molecule has 24 heavy (non-hydrogen) atoms. The van der Waals surface area contributed by atoms with Gasteiger partial charge in [-0.3, -0.25) is 9.59 Å². The summed E-state index contributed by atoms with van der Waals surface area (Å²) in [6, 6.07) is 5.59. The Morgan fingerprint density at radius 2 is 1.92 bits per heavy atom. The molecule has 1 saturated heterocycles. The standard InChI is InChI=1S/C17H19N3O4/c1-10(2)20-15(21)12-7-4-3-6-11(12)14(18-20)16(22)19-9-5-8-13(19)17(23)24/h3-4,6-7,10,13H,5,8-9H2,1-2H3,(H,23,24)/p-1/t13-/m0/s1. The average molecular weight is 328 g/mol. The Labute approximate surface area is 138 Å². The van der Waals surface area contributed by atoms with Gasteiger partial charge in [0.1, 0.15) is 0 Å². The second kappa shape index (κ2) is 6.07. The maximum atomic E-state index is 12.9. The molecule has 0 bridgehead atoms. The Kier molecular flexibility index (Phi) is 4.09. The molecule has 0 spiro atoms. The third kappa shape index (κ3) is 2.55. The fourth-order valence-corrected chi connectivity index (χ4v) is 3.11. The van der Waals surface area contributed by atoms with Crippen LogP contribution in [0.2, 0.25) is 0 Å². The number of aliphatic carboxylic acids is 1. The van der Waals surface area contributed by atoms with Gasteiger partial charge in [0.15, 0.2) is 5.69 Å². The molecule has 1 aromatic carbocycles. The highest BCUT2D eigenvalue weighted by molar-refractivity contribution is 6.05. The van der Waals surface area contributed by atoms with Crippen LogP contribution < -0.4 is 10.7 Å². The van der Waals surface area contributed by atoms with E-state index in [4.69, 9.17) is 0 Å². The van der Waals surface area contributed by atoms with E-state index in [1.54, 1.807) is 38.1 Å². The molecule has 3 rings (SSSR count). The normalized spacial score (nSPS) is 17.6. The number of fused-ring (bicyclic) bond motifs is 1. The molecule has 7 heteroatoms. The van der Waals surface area contributed by atoms with Crippen molar-refractivity contribution in [2.24, 2.45) is 0 Å². The number of carboxylic acid groups (broad SMARTS) is 1. The number of carbonyl (C=O) groups excluding carboxylic acids is 2. The van der Waals surface area contributed by atoms with Crippen molar-refractivity contribution < 1.29 is 14.7 Å². The zero-order valence-corrected chi connectivity index (χ0v) is 13.6. The zero-order valence-electron chi connectivity index (χ0n) is 13.6. The first kappa shape index (κ1) is 16.2. The lowest BCUT2D eigenvalue weighted by Crippen LogP contribution is -2.47. The fraction of sp³-hybridized carbons (Fsp3) is 0.412. The lowest BCUT2D eigenvalue weighted by molar-refractivity contribution is -0.310. The van der Waals surface area contributed by atoms with E-state index in [-0.39, 0.29) is 17.3 Å². The third-order valence-electron chi connectivity index (χ3n) is 4.31. The van der Waals surface area contributed by atoms with Gasteiger partial charge in [-0.15, -0.1) is 0 Å². The van der Waals surface area contributed by atoms with Crippen molar-refractivity contribution >= 4 is 22.6 Å². The highest BCUT2D eigenvalue weighted by Gasteiger charge is 2.32. The largest absolute Gasteiger partial charge is 0.548 e. The van der Waals surface area contributed by atoms with E-state index in [1.807, 2.05) is 0 Å². The van der Waals surface area contributed by atoms with Crippen molar-refractivity contribution in [1.82, 2.24) is 14.7 Å². The van der Waals surface area contributed by atoms with Gasteiger partial charge in [-0.2, -0.15) is 5.10 Å². The van der Waals surface area contributed by atoms with Crippen molar-refractivity contribution in [3.63, 3.8) is 0 Å². The van der Waals surface area contributed by atoms with Gasteiger partial charge >= 0.3 is 0 Å². The molecule has 0 N–H and O–H groups in total. The summed E-state index contributed by atoms with van der Waals surface area (Å²) in [7, 11) is 0. The van der Waals surface area contributed by atoms with Crippen LogP contribution in [0.15, 0.2) is 29.1 Å². The summed E-state index contributed by atoms with van der Waals surface area (Å²) in [6.45, 7) is 3.95. The maximum absolute atomic E-state index is 12.9. The van der Waals surface area contributed by atoms with Gasteiger partial charge in [0.05, 0.1) is 23.4 Å². The Morgan fingerprint density at radius 1 is 1.25 bits per heavy atom. The molecule has 0 aliphatic carbocycles. The summed E-state index contributed by atoms with van der Waals surface area (Å²) in [5.41, 5.74) is -0.165. The van der Waals surface area contributed by atoms with E-state index in [0.29, 0.717) is 30.2 Å². The highest BCUT2D eigenvalue weighted by atomic mass is 16.4. The third-order valence-corrected chi connectivity index (χ3v) is 4.31. The second-order valence-electron chi connectivity index (χ2n) is 6.21. The number of carboxylic acids is 1. The van der Waals surface area contributed by atoms with Crippen molar-refractivity contribution in [3.8, 4) is 0 Å². The summed E-state index contributed by atoms with van der Waals surface area (Å²) in [5, 5.41) is 16.3. The van der Waals surface area contributed by atoms with Crippen molar-refractivity contribution in [2.75, 3.05) is 6.54 Å². The van der Waals surface area contributed by atoms with Crippen molar-refractivity contribution in [2.45, 2.75) is 38.8 Å². The summed E-state index contributed by atoms with van der Waals surface area (Å²) in [4.78, 5) is 38.0. The van der Waals surface area contributed by atoms with Crippen LogP contribution in [-0.4, -0.2) is 39.1 Å². The first-order valence-electron chi connectivity index (χ1n) is 7.95. The monoisotopic (exact) mass is 328 g/mol. The Bertz CT molecular complexity index is 872. The molecule has 0 radical (unpaired) electrons. The topological polar surface area (TPSA) is 95.3 Å². The van der Waals surface area contributed by atoms with Crippen molar-refractivity contribution in [1.29, 1.82) is 0 Å². The van der Waals surface area contributed by atoms with Crippen LogP contribution >= 0.6 is 0 Å². The minimum atomic E-state index is -1.26. The van der Waals surface area contributed by atoms with Crippen LogP contribution in [0.3, 0.4) is 0 Å². The fourth-order valence-electron chi connectivity index (χ4n) is 3.11. The summed E-state index contributed by atoms with van der Waals surface area (Å²) < 4.78 is 1.26. The molecular formula is C17H18N3O4-. The molecule has 7 nitrogen and oxygen atoms in total. The van der Waals surface area contributed by atoms with Crippen LogP contribution in [0, 0.1) is 0 Å². The Balaban J connectivity index is 2.18. The quantitative estimate of drug-likeness (QED) is 0.809. The van der Waals surface area contributed by atoms with E-state index in [0.717, 1.165) is 0 Å². The number of benzene rings is 1. The number of rotatable bonds is 3. The number of nitrogens with zero attached hydrogens (tertiary/aromatic N) is 3. The molecule has 1 aliphatic rings.